The summed E-state index contributed by atoms with van der Waals surface area (Å²) >= 11 is 0. The molecular weight excluding hydrogens is 409 g/mol. The predicted molar refractivity (Wildman–Crippen MR) is 113 cm³/mol. The average Bonchev–Trinajstić information content (AvgIpc) is 2.70. The van der Waals surface area contributed by atoms with E-state index in [1.54, 1.807) is 18.2 Å². The van der Waals surface area contributed by atoms with Gasteiger partial charge in [-0.15, -0.1) is 0 Å². The van der Waals surface area contributed by atoms with Crippen molar-refractivity contribution in [1.29, 1.82) is 0 Å². The number of sulfonamides is 1. The van der Waals surface area contributed by atoms with Crippen molar-refractivity contribution in [2.45, 2.75) is 45.6 Å². The van der Waals surface area contributed by atoms with Gasteiger partial charge in [-0.25, -0.2) is 12.8 Å². The lowest BCUT2D eigenvalue weighted by Crippen LogP contribution is -2.37. The van der Waals surface area contributed by atoms with Gasteiger partial charge in [-0.3, -0.25) is 9.10 Å². The Bertz CT molecular complexity index is 1020. The van der Waals surface area contributed by atoms with Crippen molar-refractivity contribution in [2.75, 3.05) is 16.6 Å². The summed E-state index contributed by atoms with van der Waals surface area (Å²) < 4.78 is 47.1. The van der Waals surface area contributed by atoms with Crippen molar-refractivity contribution in [1.82, 2.24) is 0 Å². The van der Waals surface area contributed by atoms with Crippen LogP contribution in [0.5, 0.6) is 5.75 Å². The van der Waals surface area contributed by atoms with Crippen molar-refractivity contribution < 1.29 is 27.4 Å². The van der Waals surface area contributed by atoms with Gasteiger partial charge >= 0.3 is 5.97 Å². The molecule has 0 amide bonds. The molecule has 0 unspecified atom stereocenters. The van der Waals surface area contributed by atoms with Gasteiger partial charge in [0.15, 0.2) is 0 Å². The fourth-order valence-electron chi connectivity index (χ4n) is 3.63. The number of para-hydroxylation sites is 1. The van der Waals surface area contributed by atoms with E-state index in [4.69, 9.17) is 9.84 Å². The van der Waals surface area contributed by atoms with Crippen molar-refractivity contribution in [3.8, 4) is 5.75 Å². The molecule has 6 nitrogen and oxygen atoms in total. The summed E-state index contributed by atoms with van der Waals surface area (Å²) in [5.41, 5.74) is 2.43. The Morgan fingerprint density at radius 3 is 2.77 bits per heavy atom. The van der Waals surface area contributed by atoms with Gasteiger partial charge in [0.05, 0.1) is 11.4 Å². The lowest BCUT2D eigenvalue weighted by Gasteiger charge is -2.32. The molecule has 0 radical (unpaired) electrons. The van der Waals surface area contributed by atoms with Crippen LogP contribution in [-0.2, 0) is 34.3 Å². The topological polar surface area (TPSA) is 83.9 Å². The number of rotatable bonds is 9. The van der Waals surface area contributed by atoms with E-state index in [2.05, 4.69) is 0 Å². The lowest BCUT2D eigenvalue weighted by atomic mass is 10.0. The molecule has 1 N–H and O–H groups in total. The third-order valence-electron chi connectivity index (χ3n) is 5.06. The average molecular weight is 436 g/mol. The van der Waals surface area contributed by atoms with Crippen LogP contribution in [0.25, 0.3) is 0 Å². The first kappa shape index (κ1) is 22.1. The predicted octanol–water partition coefficient (Wildman–Crippen LogP) is 3.91. The molecule has 1 aliphatic heterocycles. The maximum absolute atomic E-state index is 14.3. The van der Waals surface area contributed by atoms with E-state index in [-0.39, 0.29) is 25.2 Å². The Labute approximate surface area is 176 Å². The van der Waals surface area contributed by atoms with E-state index in [9.17, 15) is 17.6 Å². The maximum Gasteiger partial charge on any atom is 0.303 e. The first-order valence-corrected chi connectivity index (χ1v) is 11.7. The fraction of sp³-hybridized carbons (Fsp3) is 0.409. The van der Waals surface area contributed by atoms with E-state index >= 15 is 0 Å². The minimum absolute atomic E-state index is 0.0732. The van der Waals surface area contributed by atoms with E-state index in [0.29, 0.717) is 35.5 Å². The van der Waals surface area contributed by atoms with Crippen LogP contribution in [0.3, 0.4) is 0 Å². The molecule has 0 atom stereocenters. The van der Waals surface area contributed by atoms with Crippen LogP contribution in [0, 0.1) is 5.82 Å². The van der Waals surface area contributed by atoms with Gasteiger partial charge in [0.2, 0.25) is 10.0 Å². The molecule has 0 bridgehead atoms. The summed E-state index contributed by atoms with van der Waals surface area (Å²) in [6, 6.07) is 10.1. The zero-order chi connectivity index (χ0) is 21.7. The Morgan fingerprint density at radius 2 is 2.07 bits per heavy atom. The highest BCUT2D eigenvalue weighted by Crippen LogP contribution is 2.38. The summed E-state index contributed by atoms with van der Waals surface area (Å²) in [5, 5.41) is 8.75. The summed E-state index contributed by atoms with van der Waals surface area (Å²) in [6.45, 7) is 2.33. The smallest absolute Gasteiger partial charge is 0.303 e. The third kappa shape index (κ3) is 5.11. The quantitative estimate of drug-likeness (QED) is 0.646. The highest BCUT2D eigenvalue weighted by molar-refractivity contribution is 7.92. The summed E-state index contributed by atoms with van der Waals surface area (Å²) in [7, 11) is -3.43. The second kappa shape index (κ2) is 9.47. The number of benzene rings is 2. The number of carboxylic acid groups (broad SMARTS) is 1. The number of carboxylic acids is 1. The first-order valence-electron chi connectivity index (χ1n) is 10.1. The fourth-order valence-corrected chi connectivity index (χ4v) is 5.26. The van der Waals surface area contributed by atoms with Gasteiger partial charge in [0.25, 0.3) is 0 Å². The zero-order valence-corrected chi connectivity index (χ0v) is 17.8. The largest absolute Gasteiger partial charge is 0.487 e. The van der Waals surface area contributed by atoms with E-state index < -0.39 is 21.8 Å². The molecule has 2 aromatic rings. The SMILES string of the molecule is CCCS(=O)(=O)N1CCCc2cccc(OCc3ccc(CCC(=O)O)c(F)c3)c21. The number of hydrogen-bond donors (Lipinski definition) is 1. The number of carbonyl (C=O) groups is 1. The van der Waals surface area contributed by atoms with Crippen molar-refractivity contribution >= 4 is 21.7 Å². The van der Waals surface area contributed by atoms with Crippen LogP contribution in [0.1, 0.15) is 42.9 Å². The standard InChI is InChI=1S/C22H26FNO5S/c1-2-13-30(27,28)24-12-4-6-18-5-3-7-20(22(18)24)29-15-16-8-9-17(19(23)14-16)10-11-21(25)26/h3,5,7-9,14H,2,4,6,10-13,15H2,1H3,(H,25,26). The number of hydrogen-bond acceptors (Lipinski definition) is 4. The second-order valence-corrected chi connectivity index (χ2v) is 9.38. The number of aryl methyl sites for hydroxylation is 2. The zero-order valence-electron chi connectivity index (χ0n) is 16.9. The molecule has 0 aliphatic carbocycles. The molecule has 162 valence electrons. The highest BCUT2D eigenvalue weighted by atomic mass is 32.2. The maximum atomic E-state index is 14.3. The number of anilines is 1. The molecule has 0 saturated carbocycles. The van der Waals surface area contributed by atoms with Gasteiger partial charge in [0.1, 0.15) is 18.2 Å². The molecule has 0 fully saturated rings. The summed E-state index contributed by atoms with van der Waals surface area (Å²) in [5.74, 6) is -0.913. The van der Waals surface area contributed by atoms with Gasteiger partial charge in [-0.1, -0.05) is 31.2 Å². The molecule has 1 aliphatic rings. The number of aliphatic carboxylic acids is 1. The molecule has 3 rings (SSSR count). The molecular formula is C22H26FNO5S. The minimum Gasteiger partial charge on any atom is -0.487 e. The van der Waals surface area contributed by atoms with E-state index in [0.717, 1.165) is 18.4 Å². The van der Waals surface area contributed by atoms with Gasteiger partial charge in [-0.2, -0.15) is 0 Å². The van der Waals surface area contributed by atoms with Crippen LogP contribution >= 0.6 is 0 Å². The monoisotopic (exact) mass is 435 g/mol. The molecule has 0 aromatic heterocycles. The molecule has 2 aromatic carbocycles. The van der Waals surface area contributed by atoms with Gasteiger partial charge < -0.3 is 9.84 Å². The van der Waals surface area contributed by atoms with Crippen LogP contribution in [0.4, 0.5) is 10.1 Å². The van der Waals surface area contributed by atoms with Crippen LogP contribution < -0.4 is 9.04 Å². The molecule has 30 heavy (non-hydrogen) atoms. The first-order chi connectivity index (χ1) is 14.3. The Morgan fingerprint density at radius 1 is 1.27 bits per heavy atom. The lowest BCUT2D eigenvalue weighted by molar-refractivity contribution is -0.136. The van der Waals surface area contributed by atoms with Crippen LogP contribution in [0.15, 0.2) is 36.4 Å². The normalized spacial score (nSPS) is 13.7. The van der Waals surface area contributed by atoms with E-state index in [1.807, 2.05) is 19.1 Å². The minimum atomic E-state index is -3.43. The summed E-state index contributed by atoms with van der Waals surface area (Å²) in [6.07, 6.45) is 2.05. The van der Waals surface area contributed by atoms with Crippen molar-refractivity contribution in [3.63, 3.8) is 0 Å². The molecule has 8 heteroatoms. The Hall–Kier alpha value is -2.61. The summed E-state index contributed by atoms with van der Waals surface area (Å²) in [4.78, 5) is 10.7. The molecule has 0 spiro atoms. The van der Waals surface area contributed by atoms with Gasteiger partial charge in [-0.05, 0) is 54.5 Å². The third-order valence-corrected chi connectivity index (χ3v) is 7.02. The highest BCUT2D eigenvalue weighted by Gasteiger charge is 2.29. The van der Waals surface area contributed by atoms with Crippen molar-refractivity contribution in [2.24, 2.45) is 0 Å². The second-order valence-electron chi connectivity index (χ2n) is 7.36. The van der Waals surface area contributed by atoms with Crippen LogP contribution in [0.2, 0.25) is 0 Å². The molecule has 1 heterocycles. The number of nitrogens with zero attached hydrogens (tertiary/aromatic N) is 1. The van der Waals surface area contributed by atoms with Gasteiger partial charge in [0, 0.05) is 13.0 Å². The van der Waals surface area contributed by atoms with Crippen LogP contribution in [-0.4, -0.2) is 31.8 Å². The van der Waals surface area contributed by atoms with E-state index in [1.165, 1.54) is 10.4 Å². The Kier molecular flexibility index (Phi) is 6.97. The number of fused-ring (bicyclic) bond motifs is 1. The number of halogens is 1. The Balaban J connectivity index is 1.80. The molecule has 0 saturated heterocycles. The number of ether oxygens (including phenoxy) is 1. The van der Waals surface area contributed by atoms with Crippen molar-refractivity contribution in [3.05, 3.63) is 58.9 Å².